The van der Waals surface area contributed by atoms with Gasteiger partial charge in [-0.25, -0.2) is 8.78 Å². The molecule has 0 aromatic carbocycles. The van der Waals surface area contributed by atoms with Gasteiger partial charge in [-0.1, -0.05) is 19.8 Å². The molecule has 0 fully saturated rings. The summed E-state index contributed by atoms with van der Waals surface area (Å²) in [6.07, 6.45) is 0.911. The van der Waals surface area contributed by atoms with Gasteiger partial charge < -0.3 is 0 Å². The predicted octanol–water partition coefficient (Wildman–Crippen LogP) is 2.48. The average Bonchev–Trinajstić information content (AvgIpc) is 1.83. The van der Waals surface area contributed by atoms with Crippen molar-refractivity contribution in [1.29, 1.82) is 0 Å². The molecule has 2 heteroatoms. The first-order valence-corrected chi connectivity index (χ1v) is 3.01. The maximum absolute atomic E-state index is 11.9. The van der Waals surface area contributed by atoms with Crippen LogP contribution < -0.4 is 0 Å². The normalized spacial score (nSPS) is 13.9. The lowest BCUT2D eigenvalue weighted by Crippen LogP contribution is -2.00. The van der Waals surface area contributed by atoms with Crippen LogP contribution in [0.1, 0.15) is 26.2 Å². The Balaban J connectivity index is 2.86. The zero-order valence-corrected chi connectivity index (χ0v) is 5.16. The summed E-state index contributed by atoms with van der Waals surface area (Å²) >= 11 is 0. The van der Waals surface area contributed by atoms with E-state index in [9.17, 15) is 8.78 Å². The molecule has 0 heterocycles. The first kappa shape index (κ1) is 7.86. The molecule has 0 aliphatic rings. The molecule has 0 saturated heterocycles. The van der Waals surface area contributed by atoms with E-state index in [4.69, 9.17) is 0 Å². The Hall–Kier alpha value is -0.140. The highest BCUT2D eigenvalue weighted by molar-refractivity contribution is 4.51. The number of rotatable bonds is 4. The molecule has 0 nitrogen and oxygen atoms in total. The molecule has 0 aliphatic carbocycles. The molecule has 50 valence electrons. The van der Waals surface area contributed by atoms with E-state index in [0.29, 0.717) is 6.42 Å². The summed E-state index contributed by atoms with van der Waals surface area (Å²) in [7, 11) is 0. The van der Waals surface area contributed by atoms with Crippen LogP contribution in [0.15, 0.2) is 0 Å². The smallest absolute Gasteiger partial charge is 0.128 e. The van der Waals surface area contributed by atoms with E-state index in [-0.39, 0.29) is 0 Å². The molecule has 0 spiro atoms. The first-order chi connectivity index (χ1) is 3.81. The Labute approximate surface area is 48.9 Å². The highest BCUT2D eigenvalue weighted by atomic mass is 19.2. The van der Waals surface area contributed by atoms with Gasteiger partial charge in [0.1, 0.15) is 12.8 Å². The topological polar surface area (TPSA) is 0 Å². The van der Waals surface area contributed by atoms with Crippen molar-refractivity contribution >= 4 is 0 Å². The van der Waals surface area contributed by atoms with Crippen LogP contribution in [-0.4, -0.2) is 12.8 Å². The van der Waals surface area contributed by atoms with Crippen LogP contribution in [0.2, 0.25) is 0 Å². The number of alkyl halides is 2. The molecule has 0 aromatic rings. The Morgan fingerprint density at radius 3 is 2.50 bits per heavy atom. The van der Waals surface area contributed by atoms with E-state index in [1.807, 2.05) is 6.92 Å². The highest BCUT2D eigenvalue weighted by Gasteiger charge is 2.02. The second-order valence-corrected chi connectivity index (χ2v) is 1.89. The van der Waals surface area contributed by atoms with Crippen molar-refractivity contribution in [3.05, 3.63) is 0 Å². The van der Waals surface area contributed by atoms with Gasteiger partial charge in [0.05, 0.1) is 0 Å². The third-order valence-corrected chi connectivity index (χ3v) is 1.04. The van der Waals surface area contributed by atoms with Gasteiger partial charge in [-0.2, -0.15) is 0 Å². The van der Waals surface area contributed by atoms with Crippen molar-refractivity contribution in [1.82, 2.24) is 0 Å². The fourth-order valence-corrected chi connectivity index (χ4v) is 0.503. The van der Waals surface area contributed by atoms with Crippen molar-refractivity contribution in [2.24, 2.45) is 0 Å². The molecule has 0 aliphatic heterocycles. The quantitative estimate of drug-likeness (QED) is 0.537. The summed E-state index contributed by atoms with van der Waals surface area (Å²) in [5.74, 6) is 0. The monoisotopic (exact) mass is 122 g/mol. The Kier molecular flexibility index (Phi) is 4.92. The van der Waals surface area contributed by atoms with Crippen molar-refractivity contribution in [2.45, 2.75) is 32.4 Å². The van der Waals surface area contributed by atoms with E-state index in [1.165, 1.54) is 0 Å². The van der Waals surface area contributed by atoms with Crippen LogP contribution in [0.25, 0.3) is 0 Å². The second kappa shape index (κ2) is 5.01. The van der Waals surface area contributed by atoms with Crippen molar-refractivity contribution in [2.75, 3.05) is 6.67 Å². The largest absolute Gasteiger partial charge is 0.248 e. The van der Waals surface area contributed by atoms with Gasteiger partial charge >= 0.3 is 0 Å². The fraction of sp³-hybridized carbons (Fsp3) is 1.00. The molecule has 0 bridgehead atoms. The summed E-state index contributed by atoms with van der Waals surface area (Å²) in [6, 6.07) is 0. The maximum atomic E-state index is 11.9. The van der Waals surface area contributed by atoms with Crippen molar-refractivity contribution in [3.8, 4) is 0 Å². The average molecular weight is 122 g/mol. The van der Waals surface area contributed by atoms with Gasteiger partial charge in [0.2, 0.25) is 0 Å². The fourth-order valence-electron chi connectivity index (χ4n) is 0.503. The molecule has 0 saturated carbocycles. The zero-order chi connectivity index (χ0) is 6.41. The lowest BCUT2D eigenvalue weighted by Gasteiger charge is -1.98. The van der Waals surface area contributed by atoms with Gasteiger partial charge in [-0.15, -0.1) is 0 Å². The van der Waals surface area contributed by atoms with Gasteiger partial charge in [0.15, 0.2) is 0 Å². The van der Waals surface area contributed by atoms with Crippen molar-refractivity contribution < 1.29 is 8.78 Å². The Morgan fingerprint density at radius 2 is 2.12 bits per heavy atom. The second-order valence-electron chi connectivity index (χ2n) is 1.89. The predicted molar refractivity (Wildman–Crippen MR) is 30.4 cm³/mol. The summed E-state index contributed by atoms with van der Waals surface area (Å²) < 4.78 is 23.3. The number of hydrogen-bond acceptors (Lipinski definition) is 0. The SMILES string of the molecule is CCCC[C@H](F)CF. The molecule has 8 heavy (non-hydrogen) atoms. The molecule has 0 rings (SSSR count). The van der Waals surface area contributed by atoms with Crippen LogP contribution in [0, 0.1) is 0 Å². The van der Waals surface area contributed by atoms with E-state index in [1.54, 1.807) is 0 Å². The number of halogens is 2. The molecule has 0 aromatic heterocycles. The molecule has 0 amide bonds. The van der Waals surface area contributed by atoms with E-state index in [2.05, 4.69) is 0 Å². The summed E-state index contributed by atoms with van der Waals surface area (Å²) in [5, 5.41) is 0. The minimum absolute atomic E-state index is 0.382. The Bertz CT molecular complexity index is 45.8. The minimum atomic E-state index is -1.21. The molecule has 0 radical (unpaired) electrons. The zero-order valence-electron chi connectivity index (χ0n) is 5.16. The van der Waals surface area contributed by atoms with Crippen LogP contribution in [0.4, 0.5) is 8.78 Å². The van der Waals surface area contributed by atoms with Gasteiger partial charge in [0.25, 0.3) is 0 Å². The summed E-state index contributed by atoms with van der Waals surface area (Å²) in [6.45, 7) is 1.14. The lowest BCUT2D eigenvalue weighted by molar-refractivity contribution is 0.243. The Morgan fingerprint density at radius 1 is 1.50 bits per heavy atom. The van der Waals surface area contributed by atoms with E-state index >= 15 is 0 Å². The minimum Gasteiger partial charge on any atom is -0.248 e. The summed E-state index contributed by atoms with van der Waals surface area (Å²) in [5.41, 5.74) is 0. The van der Waals surface area contributed by atoms with E-state index < -0.39 is 12.8 Å². The first-order valence-electron chi connectivity index (χ1n) is 3.01. The van der Waals surface area contributed by atoms with Gasteiger partial charge in [-0.05, 0) is 6.42 Å². The van der Waals surface area contributed by atoms with Gasteiger partial charge in [-0.3, -0.25) is 0 Å². The standard InChI is InChI=1S/C6H12F2/c1-2-3-4-6(8)5-7/h6H,2-5H2,1H3/t6-/m0/s1. The van der Waals surface area contributed by atoms with Crippen LogP contribution in [0.5, 0.6) is 0 Å². The molecular weight excluding hydrogens is 110 g/mol. The molecule has 1 atom stereocenters. The third kappa shape index (κ3) is 4.03. The molecular formula is C6H12F2. The number of unbranched alkanes of at least 4 members (excludes halogenated alkanes) is 1. The maximum Gasteiger partial charge on any atom is 0.128 e. The molecule has 0 N–H and O–H groups in total. The molecule has 0 unspecified atom stereocenters. The van der Waals surface area contributed by atoms with Crippen LogP contribution in [-0.2, 0) is 0 Å². The number of hydrogen-bond donors (Lipinski definition) is 0. The lowest BCUT2D eigenvalue weighted by atomic mass is 10.2. The van der Waals surface area contributed by atoms with Gasteiger partial charge in [0, 0.05) is 0 Å². The highest BCUT2D eigenvalue weighted by Crippen LogP contribution is 2.03. The third-order valence-electron chi connectivity index (χ3n) is 1.04. The summed E-state index contributed by atoms with van der Waals surface area (Å²) in [4.78, 5) is 0. The van der Waals surface area contributed by atoms with E-state index in [0.717, 1.165) is 12.8 Å². The van der Waals surface area contributed by atoms with Crippen molar-refractivity contribution in [3.63, 3.8) is 0 Å². The van der Waals surface area contributed by atoms with Crippen LogP contribution >= 0.6 is 0 Å². The van der Waals surface area contributed by atoms with Crippen LogP contribution in [0.3, 0.4) is 0 Å².